The number of carbonyl (C=O) groups is 2. The molecule has 0 saturated heterocycles. The summed E-state index contributed by atoms with van der Waals surface area (Å²) in [5.74, 6) is -0.491. The summed E-state index contributed by atoms with van der Waals surface area (Å²) in [6.07, 6.45) is -0.830. The third kappa shape index (κ3) is 5.36. The van der Waals surface area contributed by atoms with Crippen molar-refractivity contribution in [2.24, 2.45) is 0 Å². The highest BCUT2D eigenvalue weighted by Crippen LogP contribution is 2.11. The van der Waals surface area contributed by atoms with Crippen molar-refractivity contribution >= 4 is 27.6 Å². The van der Waals surface area contributed by atoms with Crippen molar-refractivity contribution in [1.82, 2.24) is 10.6 Å². The molecule has 0 aliphatic rings. The van der Waals surface area contributed by atoms with E-state index >= 15 is 0 Å². The van der Waals surface area contributed by atoms with Crippen LogP contribution in [0.1, 0.15) is 26.3 Å². The summed E-state index contributed by atoms with van der Waals surface area (Å²) in [5, 5.41) is 5.96. The first-order valence-corrected chi connectivity index (χ1v) is 9.36. The van der Waals surface area contributed by atoms with Crippen molar-refractivity contribution in [3.63, 3.8) is 0 Å². The average molecular weight is 423 g/mol. The minimum atomic E-state index is -0.830. The maximum Gasteiger partial charge on any atom is 0.252 e. The van der Waals surface area contributed by atoms with Gasteiger partial charge in [-0.3, -0.25) is 14.9 Å². The van der Waals surface area contributed by atoms with Crippen LogP contribution in [-0.4, -0.2) is 17.9 Å². The zero-order valence-corrected chi connectivity index (χ0v) is 16.1. The van der Waals surface area contributed by atoms with Crippen molar-refractivity contribution in [3.05, 3.63) is 106 Å². The lowest BCUT2D eigenvalue weighted by molar-refractivity contribution is 0.0837. The normalized spacial score (nSPS) is 11.6. The van der Waals surface area contributed by atoms with Crippen LogP contribution in [0, 0.1) is 0 Å². The summed E-state index contributed by atoms with van der Waals surface area (Å²) >= 11 is 3.35. The van der Waals surface area contributed by atoms with Gasteiger partial charge in [0.1, 0.15) is 6.17 Å². The fraction of sp³-hybridized carbons (Fsp3) is 0.0909. The largest absolute Gasteiger partial charge is 0.330 e. The summed E-state index contributed by atoms with van der Waals surface area (Å²) < 4.78 is 0.887. The number of nitrogens with one attached hydrogen (secondary N) is 2. The van der Waals surface area contributed by atoms with E-state index in [4.69, 9.17) is 0 Å². The van der Waals surface area contributed by atoms with Gasteiger partial charge in [-0.05, 0) is 29.8 Å². The number of carbonyl (C=O) groups excluding carboxylic acids is 2. The van der Waals surface area contributed by atoms with Gasteiger partial charge in [0.25, 0.3) is 5.91 Å². The Labute approximate surface area is 166 Å². The molecule has 0 fully saturated rings. The Morgan fingerprint density at radius 3 is 2.00 bits per heavy atom. The van der Waals surface area contributed by atoms with Gasteiger partial charge in [-0.1, -0.05) is 76.6 Å². The van der Waals surface area contributed by atoms with Gasteiger partial charge in [0.15, 0.2) is 5.78 Å². The van der Waals surface area contributed by atoms with Crippen molar-refractivity contribution in [1.29, 1.82) is 0 Å². The van der Waals surface area contributed by atoms with Gasteiger partial charge in [0.2, 0.25) is 0 Å². The van der Waals surface area contributed by atoms with Crippen molar-refractivity contribution in [2.45, 2.75) is 12.7 Å². The zero-order chi connectivity index (χ0) is 19.1. The lowest BCUT2D eigenvalue weighted by Crippen LogP contribution is -2.50. The molecule has 1 atom stereocenters. The van der Waals surface area contributed by atoms with Crippen molar-refractivity contribution in [2.75, 3.05) is 0 Å². The van der Waals surface area contributed by atoms with E-state index in [1.807, 2.05) is 36.4 Å². The monoisotopic (exact) mass is 422 g/mol. The topological polar surface area (TPSA) is 58.2 Å². The van der Waals surface area contributed by atoms with Gasteiger partial charge in [-0.15, -0.1) is 0 Å². The summed E-state index contributed by atoms with van der Waals surface area (Å²) in [6, 6.07) is 25.7. The second-order valence-corrected chi connectivity index (χ2v) is 6.93. The number of Topliss-reactive ketones (excluding diaryl/α,β-unsaturated/α-hetero) is 1. The molecular formula is C22H19BrN2O2. The summed E-state index contributed by atoms with van der Waals surface area (Å²) in [7, 11) is 0. The van der Waals surface area contributed by atoms with Crippen LogP contribution in [0.15, 0.2) is 89.4 Å². The molecule has 5 heteroatoms. The van der Waals surface area contributed by atoms with E-state index in [-0.39, 0.29) is 11.7 Å². The van der Waals surface area contributed by atoms with Crippen LogP contribution in [0.5, 0.6) is 0 Å². The Balaban J connectivity index is 1.77. The Morgan fingerprint density at radius 2 is 1.37 bits per heavy atom. The van der Waals surface area contributed by atoms with E-state index in [0.717, 1.165) is 10.0 Å². The second kappa shape index (κ2) is 9.26. The van der Waals surface area contributed by atoms with Crippen LogP contribution >= 0.6 is 15.9 Å². The van der Waals surface area contributed by atoms with E-state index in [1.54, 1.807) is 48.5 Å². The molecule has 0 aliphatic heterocycles. The Kier molecular flexibility index (Phi) is 6.52. The van der Waals surface area contributed by atoms with Crippen LogP contribution in [-0.2, 0) is 6.54 Å². The lowest BCUT2D eigenvalue weighted by Gasteiger charge is -2.19. The standard InChI is InChI=1S/C22H19BrN2O2/c23-19-13-11-18(12-14-19)22(27)25-21(20(26)17-9-5-2-6-10-17)24-15-16-7-3-1-4-8-16/h1-14,21,24H,15H2,(H,25,27)/t21-/m1/s1. The fourth-order valence-electron chi connectivity index (χ4n) is 2.61. The molecule has 0 heterocycles. The maximum atomic E-state index is 12.9. The number of rotatable bonds is 7. The Hall–Kier alpha value is -2.76. The van der Waals surface area contributed by atoms with Crippen LogP contribution in [0.2, 0.25) is 0 Å². The number of hydrogen-bond donors (Lipinski definition) is 2. The first kappa shape index (κ1) is 19.0. The van der Waals surface area contributed by atoms with Crippen LogP contribution in [0.3, 0.4) is 0 Å². The number of amides is 1. The summed E-state index contributed by atoms with van der Waals surface area (Å²) in [6.45, 7) is 0.463. The van der Waals surface area contributed by atoms with E-state index in [2.05, 4.69) is 26.6 Å². The molecule has 0 spiro atoms. The summed E-state index contributed by atoms with van der Waals surface area (Å²) in [5.41, 5.74) is 2.06. The average Bonchev–Trinajstić information content (AvgIpc) is 2.72. The number of halogens is 1. The zero-order valence-electron chi connectivity index (χ0n) is 14.6. The predicted octanol–water partition coefficient (Wildman–Crippen LogP) is 4.18. The molecule has 4 nitrogen and oxygen atoms in total. The summed E-state index contributed by atoms with van der Waals surface area (Å²) in [4.78, 5) is 25.5. The Morgan fingerprint density at radius 1 is 0.778 bits per heavy atom. The third-order valence-corrected chi connectivity index (χ3v) is 4.58. The van der Waals surface area contributed by atoms with Gasteiger partial charge in [0.05, 0.1) is 0 Å². The molecule has 27 heavy (non-hydrogen) atoms. The minimum Gasteiger partial charge on any atom is -0.330 e. The molecule has 1 amide bonds. The molecule has 3 aromatic rings. The maximum absolute atomic E-state index is 12.9. The van der Waals surface area contributed by atoms with Crippen LogP contribution in [0.4, 0.5) is 0 Å². The fourth-order valence-corrected chi connectivity index (χ4v) is 2.87. The molecule has 2 N–H and O–H groups in total. The number of hydrogen-bond acceptors (Lipinski definition) is 3. The smallest absolute Gasteiger partial charge is 0.252 e. The van der Waals surface area contributed by atoms with Crippen molar-refractivity contribution < 1.29 is 9.59 Å². The van der Waals surface area contributed by atoms with Crippen LogP contribution in [0.25, 0.3) is 0 Å². The van der Waals surface area contributed by atoms with Gasteiger partial charge >= 0.3 is 0 Å². The molecule has 0 bridgehead atoms. The molecule has 0 radical (unpaired) electrons. The lowest BCUT2D eigenvalue weighted by atomic mass is 10.1. The van der Waals surface area contributed by atoms with Gasteiger partial charge in [-0.2, -0.15) is 0 Å². The van der Waals surface area contributed by atoms with Crippen molar-refractivity contribution in [3.8, 4) is 0 Å². The highest BCUT2D eigenvalue weighted by Gasteiger charge is 2.22. The van der Waals surface area contributed by atoms with Crippen LogP contribution < -0.4 is 10.6 Å². The highest BCUT2D eigenvalue weighted by molar-refractivity contribution is 9.10. The molecule has 0 saturated carbocycles. The quantitative estimate of drug-likeness (QED) is 0.443. The molecule has 0 aliphatic carbocycles. The van der Waals surface area contributed by atoms with Gasteiger partial charge < -0.3 is 5.32 Å². The van der Waals surface area contributed by atoms with E-state index in [0.29, 0.717) is 17.7 Å². The van der Waals surface area contributed by atoms with Gasteiger partial charge in [0, 0.05) is 22.1 Å². The first-order valence-electron chi connectivity index (χ1n) is 8.56. The SMILES string of the molecule is O=C(N[C@@H](NCc1ccccc1)C(=O)c1ccccc1)c1ccc(Br)cc1. The van der Waals surface area contributed by atoms with E-state index in [1.165, 1.54) is 0 Å². The van der Waals surface area contributed by atoms with E-state index in [9.17, 15) is 9.59 Å². The van der Waals surface area contributed by atoms with Gasteiger partial charge in [-0.25, -0.2) is 0 Å². The van der Waals surface area contributed by atoms with E-state index < -0.39 is 6.17 Å². The molecule has 0 aromatic heterocycles. The molecule has 3 aromatic carbocycles. The first-order chi connectivity index (χ1) is 13.1. The molecular weight excluding hydrogens is 404 g/mol. The number of ketones is 1. The number of benzene rings is 3. The predicted molar refractivity (Wildman–Crippen MR) is 109 cm³/mol. The minimum absolute atomic E-state index is 0.183. The highest BCUT2D eigenvalue weighted by atomic mass is 79.9. The molecule has 136 valence electrons. The molecule has 0 unspecified atom stereocenters. The Bertz CT molecular complexity index is 897. The third-order valence-electron chi connectivity index (χ3n) is 4.06. The molecule has 3 rings (SSSR count). The second-order valence-electron chi connectivity index (χ2n) is 6.01.